The molecule has 1 N–H and O–H groups in total. The van der Waals surface area contributed by atoms with Gasteiger partial charge in [-0.1, -0.05) is 32.0 Å². The van der Waals surface area contributed by atoms with Crippen molar-refractivity contribution in [3.63, 3.8) is 0 Å². The van der Waals surface area contributed by atoms with Gasteiger partial charge in [-0.2, -0.15) is 0 Å². The number of imide groups is 1. The molecular weight excluding hydrogens is 406 g/mol. The number of hydrogen-bond acceptors (Lipinski definition) is 6. The van der Waals surface area contributed by atoms with Gasteiger partial charge in [0.15, 0.2) is 0 Å². The van der Waals surface area contributed by atoms with Crippen LogP contribution in [0.1, 0.15) is 60.3 Å². The van der Waals surface area contributed by atoms with Gasteiger partial charge >= 0.3 is 6.09 Å². The SMILES string of the molecule is CSC(=O)N1C(=O)C2(CCC2)[C@@H]2[C@@H]1CCN2C(=O)[C@@H](NC(=O)OC(C)(C)C)C(C)C. The molecule has 2 heterocycles. The number of thioether (sulfide) groups is 1. The lowest BCUT2D eigenvalue weighted by Gasteiger charge is -2.44. The molecule has 1 aliphatic carbocycles. The molecule has 9 heteroatoms. The third kappa shape index (κ3) is 3.81. The predicted molar refractivity (Wildman–Crippen MR) is 114 cm³/mol. The normalized spacial score (nSPS) is 25.9. The summed E-state index contributed by atoms with van der Waals surface area (Å²) >= 11 is 1.03. The van der Waals surface area contributed by atoms with Gasteiger partial charge in [0.25, 0.3) is 5.24 Å². The van der Waals surface area contributed by atoms with Crippen molar-refractivity contribution in [2.24, 2.45) is 11.3 Å². The van der Waals surface area contributed by atoms with E-state index in [1.165, 1.54) is 4.90 Å². The summed E-state index contributed by atoms with van der Waals surface area (Å²) in [7, 11) is 0. The van der Waals surface area contributed by atoms with Gasteiger partial charge in [-0.3, -0.25) is 19.3 Å². The summed E-state index contributed by atoms with van der Waals surface area (Å²) in [6.07, 6.45) is 3.93. The van der Waals surface area contributed by atoms with Gasteiger partial charge in [0.1, 0.15) is 11.6 Å². The molecule has 0 bridgehead atoms. The van der Waals surface area contributed by atoms with E-state index in [1.807, 2.05) is 13.8 Å². The van der Waals surface area contributed by atoms with Gasteiger partial charge in [-0.15, -0.1) is 0 Å². The van der Waals surface area contributed by atoms with Gasteiger partial charge in [0.05, 0.1) is 17.5 Å². The molecule has 0 unspecified atom stereocenters. The van der Waals surface area contributed by atoms with E-state index in [9.17, 15) is 19.2 Å². The number of carbonyl (C=O) groups is 4. The smallest absolute Gasteiger partial charge is 0.408 e. The Kier molecular flexibility index (Phi) is 6.15. The second kappa shape index (κ2) is 8.05. The summed E-state index contributed by atoms with van der Waals surface area (Å²) in [6.45, 7) is 9.52. The fourth-order valence-corrected chi connectivity index (χ4v) is 5.40. The number of hydrogen-bond donors (Lipinski definition) is 1. The molecule has 2 saturated heterocycles. The van der Waals surface area contributed by atoms with Crippen LogP contribution in [0, 0.1) is 11.3 Å². The molecule has 3 atom stereocenters. The van der Waals surface area contributed by atoms with E-state index < -0.39 is 23.2 Å². The van der Waals surface area contributed by atoms with Crippen molar-refractivity contribution in [3.8, 4) is 0 Å². The zero-order valence-corrected chi connectivity index (χ0v) is 19.5. The fourth-order valence-electron chi connectivity index (χ4n) is 4.99. The number of nitrogens with one attached hydrogen (secondary N) is 1. The number of nitrogens with zero attached hydrogens (tertiary/aromatic N) is 2. The first-order valence-electron chi connectivity index (χ1n) is 10.6. The quantitative estimate of drug-likeness (QED) is 0.726. The minimum atomic E-state index is -0.754. The molecule has 4 amide bonds. The van der Waals surface area contributed by atoms with E-state index in [0.29, 0.717) is 25.8 Å². The second-order valence-electron chi connectivity index (χ2n) is 9.86. The summed E-state index contributed by atoms with van der Waals surface area (Å²) in [5.41, 5.74) is -1.32. The van der Waals surface area contributed by atoms with Crippen molar-refractivity contribution in [2.45, 2.75) is 84.0 Å². The molecule has 1 spiro atoms. The highest BCUT2D eigenvalue weighted by Crippen LogP contribution is 2.56. The lowest BCUT2D eigenvalue weighted by Crippen LogP contribution is -2.58. The lowest BCUT2D eigenvalue weighted by atomic mass is 9.64. The zero-order chi connectivity index (χ0) is 22.4. The molecule has 2 aliphatic heterocycles. The fraction of sp³-hybridized carbons (Fsp3) is 0.810. The molecule has 0 aromatic rings. The molecular formula is C21H33N3O5S. The van der Waals surface area contributed by atoms with Crippen molar-refractivity contribution < 1.29 is 23.9 Å². The summed E-state index contributed by atoms with van der Waals surface area (Å²) in [6, 6.07) is -1.35. The Hall–Kier alpha value is -1.77. The average molecular weight is 440 g/mol. The minimum Gasteiger partial charge on any atom is -0.444 e. The predicted octanol–water partition coefficient (Wildman–Crippen LogP) is 3.00. The maximum atomic E-state index is 13.5. The molecule has 0 aromatic heterocycles. The Morgan fingerprint density at radius 2 is 1.87 bits per heavy atom. The Balaban J connectivity index is 1.84. The summed E-state index contributed by atoms with van der Waals surface area (Å²) in [5, 5.41) is 2.48. The first-order chi connectivity index (χ1) is 13.9. The number of carbonyl (C=O) groups excluding carboxylic acids is 4. The molecule has 3 rings (SSSR count). The molecule has 0 radical (unpaired) electrons. The van der Waals surface area contributed by atoms with E-state index in [1.54, 1.807) is 31.9 Å². The molecule has 0 aromatic carbocycles. The lowest BCUT2D eigenvalue weighted by molar-refractivity contribution is -0.145. The maximum absolute atomic E-state index is 13.5. The summed E-state index contributed by atoms with van der Waals surface area (Å²) in [5.74, 6) is -0.495. The van der Waals surface area contributed by atoms with Crippen LogP contribution in [0.15, 0.2) is 0 Å². The molecule has 30 heavy (non-hydrogen) atoms. The first kappa shape index (κ1) is 22.9. The number of likely N-dealkylation sites (tertiary alicyclic amines) is 2. The highest BCUT2D eigenvalue weighted by Gasteiger charge is 2.67. The van der Waals surface area contributed by atoms with Gasteiger partial charge in [0.2, 0.25) is 11.8 Å². The standard InChI is InChI=1S/C21H33N3O5S/c1-12(2)14(22-18(27)29-20(3,4)5)16(25)23-11-8-13-15(23)21(9-7-10-21)17(26)24(13)19(28)30-6/h12-15H,7-11H2,1-6H3,(H,22,27)/t13-,14-,15-/m0/s1. The number of ether oxygens (including phenoxy) is 1. The van der Waals surface area contributed by atoms with Gasteiger partial charge in [-0.05, 0) is 52.2 Å². The number of rotatable bonds is 3. The number of alkyl carbamates (subject to hydrolysis) is 1. The average Bonchev–Trinajstić information content (AvgIpc) is 3.11. The van der Waals surface area contributed by atoms with Gasteiger partial charge in [0, 0.05) is 6.54 Å². The van der Waals surface area contributed by atoms with E-state index in [4.69, 9.17) is 4.74 Å². The van der Waals surface area contributed by atoms with Crippen LogP contribution in [0.4, 0.5) is 9.59 Å². The number of fused-ring (bicyclic) bond motifs is 2. The molecule has 3 fully saturated rings. The highest BCUT2D eigenvalue weighted by atomic mass is 32.2. The van der Waals surface area contributed by atoms with Crippen LogP contribution in [0.2, 0.25) is 0 Å². The summed E-state index contributed by atoms with van der Waals surface area (Å²) in [4.78, 5) is 54.7. The van der Waals surface area contributed by atoms with Crippen molar-refractivity contribution in [2.75, 3.05) is 12.8 Å². The minimum absolute atomic E-state index is 0.137. The van der Waals surface area contributed by atoms with Gasteiger partial charge < -0.3 is 15.0 Å². The van der Waals surface area contributed by atoms with E-state index in [-0.39, 0.29) is 35.1 Å². The van der Waals surface area contributed by atoms with Crippen LogP contribution in [0.5, 0.6) is 0 Å². The number of amides is 4. The third-order valence-electron chi connectivity index (χ3n) is 6.41. The van der Waals surface area contributed by atoms with E-state index in [0.717, 1.165) is 18.2 Å². The highest BCUT2D eigenvalue weighted by molar-refractivity contribution is 8.13. The Morgan fingerprint density at radius 3 is 2.33 bits per heavy atom. The Bertz CT molecular complexity index is 743. The monoisotopic (exact) mass is 439 g/mol. The molecule has 1 saturated carbocycles. The van der Waals surface area contributed by atoms with Crippen LogP contribution in [-0.2, 0) is 14.3 Å². The molecule has 8 nitrogen and oxygen atoms in total. The van der Waals surface area contributed by atoms with Crippen molar-refractivity contribution in [1.82, 2.24) is 15.1 Å². The zero-order valence-electron chi connectivity index (χ0n) is 18.7. The van der Waals surface area contributed by atoms with Gasteiger partial charge in [-0.25, -0.2) is 4.79 Å². The summed E-state index contributed by atoms with van der Waals surface area (Å²) < 4.78 is 5.34. The van der Waals surface area contributed by atoms with E-state index in [2.05, 4.69) is 5.32 Å². The largest absolute Gasteiger partial charge is 0.444 e. The topological polar surface area (TPSA) is 96.0 Å². The van der Waals surface area contributed by atoms with Crippen molar-refractivity contribution in [3.05, 3.63) is 0 Å². The van der Waals surface area contributed by atoms with Crippen molar-refractivity contribution >= 4 is 34.9 Å². The molecule has 168 valence electrons. The Morgan fingerprint density at radius 1 is 1.23 bits per heavy atom. The van der Waals surface area contributed by atoms with Crippen LogP contribution in [0.25, 0.3) is 0 Å². The van der Waals surface area contributed by atoms with Crippen LogP contribution < -0.4 is 5.32 Å². The first-order valence-corrected chi connectivity index (χ1v) is 11.9. The van der Waals surface area contributed by atoms with E-state index >= 15 is 0 Å². The second-order valence-corrected chi connectivity index (χ2v) is 10.6. The third-order valence-corrected chi connectivity index (χ3v) is 6.96. The molecule has 3 aliphatic rings. The van der Waals surface area contributed by atoms with Crippen molar-refractivity contribution in [1.29, 1.82) is 0 Å². The van der Waals surface area contributed by atoms with Crippen LogP contribution in [-0.4, -0.2) is 69.5 Å². The van der Waals surface area contributed by atoms with Crippen LogP contribution >= 0.6 is 11.8 Å². The Labute approximate surface area is 182 Å². The van der Waals surface area contributed by atoms with Crippen LogP contribution in [0.3, 0.4) is 0 Å². The maximum Gasteiger partial charge on any atom is 0.408 e.